The number of aliphatic hydroxyl groups is 1. The molecule has 0 aliphatic carbocycles. The zero-order chi connectivity index (χ0) is 13.8. The fraction of sp³-hybridized carbons (Fsp3) is 0.357. The van der Waals surface area contributed by atoms with Gasteiger partial charge in [0.15, 0.2) is 0 Å². The van der Waals surface area contributed by atoms with E-state index in [1.807, 2.05) is 25.1 Å². The molecule has 18 heavy (non-hydrogen) atoms. The van der Waals surface area contributed by atoms with Crippen LogP contribution in [-0.4, -0.2) is 23.2 Å². The van der Waals surface area contributed by atoms with E-state index < -0.39 is 5.60 Å². The fourth-order valence-corrected chi connectivity index (χ4v) is 1.92. The number of nitrogens with one attached hydrogen (secondary N) is 1. The smallest absolute Gasteiger partial charge is 0.244 e. The lowest BCUT2D eigenvalue weighted by atomic mass is 10.1. The Kier molecular flexibility index (Phi) is 5.11. The maximum absolute atomic E-state index is 11.5. The van der Waals surface area contributed by atoms with E-state index in [0.717, 1.165) is 15.6 Å². The van der Waals surface area contributed by atoms with Crippen LogP contribution >= 0.6 is 15.9 Å². The molecule has 4 heteroatoms. The average Bonchev–Trinajstić information content (AvgIpc) is 2.24. The number of carbonyl (C=O) groups is 1. The summed E-state index contributed by atoms with van der Waals surface area (Å²) < 4.78 is 0.953. The monoisotopic (exact) mass is 311 g/mol. The SMILES string of the molecule is Cc1ccc(C=CC(=O)NCC(C)(C)O)c(Br)c1. The lowest BCUT2D eigenvalue weighted by molar-refractivity contribution is -0.117. The summed E-state index contributed by atoms with van der Waals surface area (Å²) in [5, 5.41) is 12.1. The molecule has 0 bridgehead atoms. The number of carbonyl (C=O) groups excluding carboxylic acids is 1. The molecule has 0 atom stereocenters. The minimum atomic E-state index is -0.895. The third-order valence-electron chi connectivity index (χ3n) is 2.27. The van der Waals surface area contributed by atoms with Crippen LogP contribution in [0.5, 0.6) is 0 Å². The zero-order valence-electron chi connectivity index (χ0n) is 10.8. The standard InChI is InChI=1S/C14H18BrNO2/c1-10-4-5-11(12(15)8-10)6-7-13(17)16-9-14(2,3)18/h4-8,18H,9H2,1-3H3,(H,16,17). The molecule has 2 N–H and O–H groups in total. The summed E-state index contributed by atoms with van der Waals surface area (Å²) in [5.41, 5.74) is 1.21. The van der Waals surface area contributed by atoms with Crippen molar-refractivity contribution in [2.45, 2.75) is 26.4 Å². The van der Waals surface area contributed by atoms with Gasteiger partial charge in [0.2, 0.25) is 5.91 Å². The molecule has 0 aromatic heterocycles. The van der Waals surface area contributed by atoms with Crippen molar-refractivity contribution in [3.63, 3.8) is 0 Å². The molecule has 98 valence electrons. The van der Waals surface area contributed by atoms with E-state index in [-0.39, 0.29) is 12.5 Å². The van der Waals surface area contributed by atoms with Gasteiger partial charge in [-0.05, 0) is 44.0 Å². The highest BCUT2D eigenvalue weighted by Crippen LogP contribution is 2.19. The van der Waals surface area contributed by atoms with Gasteiger partial charge in [-0.3, -0.25) is 4.79 Å². The second-order valence-electron chi connectivity index (χ2n) is 4.89. The maximum atomic E-state index is 11.5. The third-order valence-corrected chi connectivity index (χ3v) is 2.95. The minimum absolute atomic E-state index is 0.218. The second kappa shape index (κ2) is 6.16. The van der Waals surface area contributed by atoms with E-state index in [1.165, 1.54) is 6.08 Å². The van der Waals surface area contributed by atoms with Crippen molar-refractivity contribution in [2.24, 2.45) is 0 Å². The largest absolute Gasteiger partial charge is 0.389 e. The molecule has 1 aromatic rings. The Balaban J connectivity index is 2.61. The first kappa shape index (κ1) is 14.9. The number of benzene rings is 1. The van der Waals surface area contributed by atoms with E-state index >= 15 is 0 Å². The maximum Gasteiger partial charge on any atom is 0.244 e. The van der Waals surface area contributed by atoms with Crippen LogP contribution < -0.4 is 5.32 Å². The Morgan fingerprint density at radius 1 is 1.50 bits per heavy atom. The van der Waals surface area contributed by atoms with Crippen molar-refractivity contribution in [1.29, 1.82) is 0 Å². The first-order valence-electron chi connectivity index (χ1n) is 5.72. The predicted octanol–water partition coefficient (Wildman–Crippen LogP) is 2.66. The van der Waals surface area contributed by atoms with E-state index in [2.05, 4.69) is 21.2 Å². The quantitative estimate of drug-likeness (QED) is 0.840. The molecule has 1 rings (SSSR count). The van der Waals surface area contributed by atoms with Gasteiger partial charge < -0.3 is 10.4 Å². The van der Waals surface area contributed by atoms with E-state index in [9.17, 15) is 9.90 Å². The normalized spacial score (nSPS) is 11.8. The molecule has 1 aromatic carbocycles. The highest BCUT2D eigenvalue weighted by atomic mass is 79.9. The van der Waals surface area contributed by atoms with Crippen molar-refractivity contribution >= 4 is 27.9 Å². The number of amides is 1. The molecule has 0 heterocycles. The minimum Gasteiger partial charge on any atom is -0.389 e. The highest BCUT2D eigenvalue weighted by molar-refractivity contribution is 9.10. The second-order valence-corrected chi connectivity index (χ2v) is 5.74. The van der Waals surface area contributed by atoms with Gasteiger partial charge in [0.05, 0.1) is 5.60 Å². The zero-order valence-corrected chi connectivity index (χ0v) is 12.4. The molecule has 0 saturated carbocycles. The summed E-state index contributed by atoms with van der Waals surface area (Å²) in [6.45, 7) is 5.53. The lowest BCUT2D eigenvalue weighted by Crippen LogP contribution is -2.37. The molecule has 0 saturated heterocycles. The predicted molar refractivity (Wildman–Crippen MR) is 77.2 cm³/mol. The van der Waals surface area contributed by atoms with Crippen molar-refractivity contribution < 1.29 is 9.90 Å². The van der Waals surface area contributed by atoms with Gasteiger partial charge in [-0.2, -0.15) is 0 Å². The van der Waals surface area contributed by atoms with Gasteiger partial charge >= 0.3 is 0 Å². The molecular formula is C14H18BrNO2. The number of halogens is 1. The van der Waals surface area contributed by atoms with Gasteiger partial charge in [0.1, 0.15) is 0 Å². The van der Waals surface area contributed by atoms with E-state index in [0.29, 0.717) is 0 Å². The molecule has 0 radical (unpaired) electrons. The summed E-state index contributed by atoms with van der Waals surface area (Å²) in [5.74, 6) is -0.218. The highest BCUT2D eigenvalue weighted by Gasteiger charge is 2.12. The molecule has 0 unspecified atom stereocenters. The van der Waals surface area contributed by atoms with Gasteiger partial charge in [0.25, 0.3) is 0 Å². The molecule has 0 fully saturated rings. The van der Waals surface area contributed by atoms with Crippen LogP contribution in [0.15, 0.2) is 28.7 Å². The Morgan fingerprint density at radius 2 is 2.17 bits per heavy atom. The molecule has 3 nitrogen and oxygen atoms in total. The summed E-state index contributed by atoms with van der Waals surface area (Å²) in [6, 6.07) is 5.92. The summed E-state index contributed by atoms with van der Waals surface area (Å²) >= 11 is 3.45. The van der Waals surface area contributed by atoms with Crippen LogP contribution in [0.4, 0.5) is 0 Å². The molecular weight excluding hydrogens is 294 g/mol. The van der Waals surface area contributed by atoms with Gasteiger partial charge in [-0.25, -0.2) is 0 Å². The number of hydrogen-bond acceptors (Lipinski definition) is 2. The molecule has 0 aliphatic rings. The Morgan fingerprint density at radius 3 is 2.72 bits per heavy atom. The van der Waals surface area contributed by atoms with E-state index in [1.54, 1.807) is 19.9 Å². The summed E-state index contributed by atoms with van der Waals surface area (Å²) in [4.78, 5) is 11.5. The van der Waals surface area contributed by atoms with Crippen LogP contribution in [-0.2, 0) is 4.79 Å². The first-order chi connectivity index (χ1) is 8.28. The van der Waals surface area contributed by atoms with Crippen molar-refractivity contribution in [3.8, 4) is 0 Å². The Hall–Kier alpha value is -1.13. The van der Waals surface area contributed by atoms with Gasteiger partial charge in [-0.15, -0.1) is 0 Å². The van der Waals surface area contributed by atoms with E-state index in [4.69, 9.17) is 0 Å². The fourth-order valence-electron chi connectivity index (χ4n) is 1.30. The third kappa shape index (κ3) is 5.47. The van der Waals surface area contributed by atoms with Crippen LogP contribution in [0.2, 0.25) is 0 Å². The Bertz CT molecular complexity index is 461. The van der Waals surface area contributed by atoms with Crippen molar-refractivity contribution in [1.82, 2.24) is 5.32 Å². The molecule has 0 aliphatic heterocycles. The van der Waals surface area contributed by atoms with Crippen LogP contribution in [0.1, 0.15) is 25.0 Å². The van der Waals surface area contributed by atoms with Crippen molar-refractivity contribution in [3.05, 3.63) is 39.9 Å². The number of hydrogen-bond donors (Lipinski definition) is 2. The van der Waals surface area contributed by atoms with Gasteiger partial charge in [0, 0.05) is 17.1 Å². The van der Waals surface area contributed by atoms with Crippen LogP contribution in [0.3, 0.4) is 0 Å². The number of aryl methyl sites for hydroxylation is 1. The lowest BCUT2D eigenvalue weighted by Gasteiger charge is -2.16. The molecule has 0 spiro atoms. The Labute approximate surface area is 116 Å². The summed E-state index contributed by atoms with van der Waals surface area (Å²) in [7, 11) is 0. The average molecular weight is 312 g/mol. The summed E-state index contributed by atoms with van der Waals surface area (Å²) in [6.07, 6.45) is 3.20. The molecule has 1 amide bonds. The first-order valence-corrected chi connectivity index (χ1v) is 6.52. The van der Waals surface area contributed by atoms with Crippen molar-refractivity contribution in [2.75, 3.05) is 6.54 Å². The number of rotatable bonds is 4. The van der Waals surface area contributed by atoms with Crippen LogP contribution in [0.25, 0.3) is 6.08 Å². The van der Waals surface area contributed by atoms with Crippen LogP contribution in [0, 0.1) is 6.92 Å². The van der Waals surface area contributed by atoms with Gasteiger partial charge in [-0.1, -0.05) is 28.1 Å². The topological polar surface area (TPSA) is 49.3 Å².